The van der Waals surface area contributed by atoms with Crippen molar-refractivity contribution in [3.63, 3.8) is 0 Å². The second-order valence-electron chi connectivity index (χ2n) is 2.26. The maximum Gasteiger partial charge on any atom is 0.311 e. The zero-order valence-electron chi connectivity index (χ0n) is 6.05. The largest absolute Gasteiger partial charge is 0.481 e. The molecule has 56 valence electrons. The highest BCUT2D eigenvalue weighted by molar-refractivity contribution is 6.01. The predicted octanol–water partition coefficient (Wildman–Crippen LogP) is 0.996. The van der Waals surface area contributed by atoms with Crippen LogP contribution < -0.4 is 0 Å². The topological polar surface area (TPSA) is 54.4 Å². The van der Waals surface area contributed by atoms with E-state index in [4.69, 9.17) is 5.11 Å². The molecular weight excluding hydrogens is 132 g/mol. The lowest BCUT2D eigenvalue weighted by Gasteiger charge is -1.88. The fourth-order valence-electron chi connectivity index (χ4n) is 0.522. The van der Waals surface area contributed by atoms with Gasteiger partial charge in [0.05, 0.1) is 0 Å². The average Bonchev–Trinajstić information content (AvgIpc) is 1.58. The molecule has 10 heavy (non-hydrogen) atoms. The van der Waals surface area contributed by atoms with E-state index in [1.165, 1.54) is 6.08 Å². The Kier molecular flexibility index (Phi) is 3.39. The number of hydrogen-bond acceptors (Lipinski definition) is 2. The number of carbonyl (C=O) groups excluding carboxylic acids is 1. The number of hydrogen-bond donors (Lipinski definition) is 1. The SMILES string of the molecule is CC(C)=CC(=O)CC(=O)O. The van der Waals surface area contributed by atoms with Crippen molar-refractivity contribution < 1.29 is 14.7 Å². The Morgan fingerprint density at radius 3 is 2.20 bits per heavy atom. The van der Waals surface area contributed by atoms with Crippen LogP contribution in [0.2, 0.25) is 0 Å². The van der Waals surface area contributed by atoms with Crippen molar-refractivity contribution in [2.75, 3.05) is 0 Å². The van der Waals surface area contributed by atoms with E-state index in [1.54, 1.807) is 13.8 Å². The van der Waals surface area contributed by atoms with Crippen molar-refractivity contribution in [2.24, 2.45) is 0 Å². The molecule has 0 amide bonds. The van der Waals surface area contributed by atoms with Gasteiger partial charge in [-0.3, -0.25) is 9.59 Å². The fraction of sp³-hybridized carbons (Fsp3) is 0.429. The van der Waals surface area contributed by atoms with Gasteiger partial charge in [-0.1, -0.05) is 5.57 Å². The lowest BCUT2D eigenvalue weighted by Crippen LogP contribution is -2.03. The van der Waals surface area contributed by atoms with E-state index in [0.717, 1.165) is 5.57 Å². The maximum atomic E-state index is 10.6. The summed E-state index contributed by atoms with van der Waals surface area (Å²) in [6, 6.07) is 0. The Morgan fingerprint density at radius 1 is 1.40 bits per heavy atom. The summed E-state index contributed by atoms with van der Waals surface area (Å²) in [5.74, 6) is -1.44. The highest BCUT2D eigenvalue weighted by Crippen LogP contribution is 1.92. The van der Waals surface area contributed by atoms with E-state index >= 15 is 0 Å². The molecule has 0 heterocycles. The summed E-state index contributed by atoms with van der Waals surface area (Å²) in [6.45, 7) is 3.50. The molecule has 0 bridgehead atoms. The molecule has 0 aromatic rings. The normalized spacial score (nSPS) is 8.60. The van der Waals surface area contributed by atoms with E-state index in [0.29, 0.717) is 0 Å². The molecule has 0 radical (unpaired) electrons. The minimum Gasteiger partial charge on any atom is -0.481 e. The number of allylic oxidation sites excluding steroid dienone is 2. The standard InChI is InChI=1S/C7H10O3/c1-5(2)3-6(8)4-7(9)10/h3H,4H2,1-2H3,(H,9,10). The molecule has 3 heteroatoms. The van der Waals surface area contributed by atoms with Crippen molar-refractivity contribution in [1.29, 1.82) is 0 Å². The summed E-state index contributed by atoms with van der Waals surface area (Å²) >= 11 is 0. The number of carboxylic acid groups (broad SMARTS) is 1. The monoisotopic (exact) mass is 142 g/mol. The number of ketones is 1. The average molecular weight is 142 g/mol. The van der Waals surface area contributed by atoms with Crippen molar-refractivity contribution in [2.45, 2.75) is 20.3 Å². The molecule has 0 fully saturated rings. The molecule has 0 aliphatic heterocycles. The first-order chi connectivity index (χ1) is 4.52. The molecule has 0 saturated carbocycles. The van der Waals surface area contributed by atoms with Crippen LogP contribution in [0.25, 0.3) is 0 Å². The summed E-state index contributed by atoms with van der Waals surface area (Å²) in [6.07, 6.45) is 0.916. The zero-order valence-corrected chi connectivity index (χ0v) is 6.05. The summed E-state index contributed by atoms with van der Waals surface area (Å²) in [5, 5.41) is 8.15. The Bertz CT molecular complexity index is 175. The van der Waals surface area contributed by atoms with Crippen molar-refractivity contribution in [3.05, 3.63) is 11.6 Å². The van der Waals surface area contributed by atoms with Crippen LogP contribution in [0.15, 0.2) is 11.6 Å². The molecular formula is C7H10O3. The first-order valence-electron chi connectivity index (χ1n) is 2.92. The Labute approximate surface area is 59.4 Å². The van der Waals surface area contributed by atoms with Crippen LogP contribution in [0.3, 0.4) is 0 Å². The van der Waals surface area contributed by atoms with Crippen LogP contribution in [0.1, 0.15) is 20.3 Å². The third-order valence-corrected chi connectivity index (χ3v) is 0.775. The minimum absolute atomic E-state index is 0.354. The molecule has 0 aromatic carbocycles. The predicted molar refractivity (Wildman–Crippen MR) is 36.7 cm³/mol. The van der Waals surface area contributed by atoms with Gasteiger partial charge in [0.15, 0.2) is 5.78 Å². The summed E-state index contributed by atoms with van der Waals surface area (Å²) in [5.41, 5.74) is 0.825. The van der Waals surface area contributed by atoms with Crippen LogP contribution in [0.5, 0.6) is 0 Å². The maximum absolute atomic E-state index is 10.6. The first-order valence-corrected chi connectivity index (χ1v) is 2.92. The molecule has 0 aromatic heterocycles. The van der Waals surface area contributed by atoms with Gasteiger partial charge in [0.25, 0.3) is 0 Å². The summed E-state index contributed by atoms with van der Waals surface area (Å²) in [4.78, 5) is 20.5. The van der Waals surface area contributed by atoms with E-state index in [2.05, 4.69) is 0 Å². The van der Waals surface area contributed by atoms with E-state index in [-0.39, 0.29) is 5.78 Å². The van der Waals surface area contributed by atoms with Gasteiger partial charge in [0.2, 0.25) is 0 Å². The third kappa shape index (κ3) is 5.03. The van der Waals surface area contributed by atoms with Gasteiger partial charge >= 0.3 is 5.97 Å². The lowest BCUT2D eigenvalue weighted by atomic mass is 10.2. The molecule has 0 aliphatic carbocycles. The van der Waals surface area contributed by atoms with Crippen molar-refractivity contribution >= 4 is 11.8 Å². The Morgan fingerprint density at radius 2 is 1.90 bits per heavy atom. The number of aliphatic carboxylic acids is 1. The molecule has 0 atom stereocenters. The van der Waals surface area contributed by atoms with Crippen LogP contribution in [-0.4, -0.2) is 16.9 Å². The van der Waals surface area contributed by atoms with Gasteiger partial charge in [-0.15, -0.1) is 0 Å². The van der Waals surface area contributed by atoms with E-state index < -0.39 is 12.4 Å². The number of carboxylic acids is 1. The highest BCUT2D eigenvalue weighted by Gasteiger charge is 2.02. The highest BCUT2D eigenvalue weighted by atomic mass is 16.4. The lowest BCUT2D eigenvalue weighted by molar-refractivity contribution is -0.139. The number of carbonyl (C=O) groups is 2. The Hall–Kier alpha value is -1.12. The molecule has 3 nitrogen and oxygen atoms in total. The fourth-order valence-corrected chi connectivity index (χ4v) is 0.522. The van der Waals surface area contributed by atoms with Gasteiger partial charge < -0.3 is 5.11 Å². The van der Waals surface area contributed by atoms with E-state index in [1.807, 2.05) is 0 Å². The molecule has 1 N–H and O–H groups in total. The molecule has 0 aliphatic rings. The molecule has 0 rings (SSSR count). The Balaban J connectivity index is 3.88. The molecule has 0 spiro atoms. The van der Waals surface area contributed by atoms with Gasteiger partial charge in [-0.2, -0.15) is 0 Å². The van der Waals surface area contributed by atoms with Crippen LogP contribution in [-0.2, 0) is 9.59 Å². The number of rotatable bonds is 3. The second kappa shape index (κ2) is 3.82. The summed E-state index contributed by atoms with van der Waals surface area (Å²) in [7, 11) is 0. The first kappa shape index (κ1) is 8.88. The zero-order chi connectivity index (χ0) is 8.15. The van der Waals surface area contributed by atoms with Gasteiger partial charge in [0, 0.05) is 0 Å². The quantitative estimate of drug-likeness (QED) is 0.472. The van der Waals surface area contributed by atoms with Crippen molar-refractivity contribution in [1.82, 2.24) is 0 Å². The smallest absolute Gasteiger partial charge is 0.311 e. The summed E-state index contributed by atoms with van der Waals surface area (Å²) < 4.78 is 0. The van der Waals surface area contributed by atoms with Gasteiger partial charge in [-0.25, -0.2) is 0 Å². The van der Waals surface area contributed by atoms with Crippen LogP contribution >= 0.6 is 0 Å². The molecule has 0 saturated heterocycles. The van der Waals surface area contributed by atoms with Gasteiger partial charge in [0.1, 0.15) is 6.42 Å². The van der Waals surface area contributed by atoms with Crippen LogP contribution in [0, 0.1) is 0 Å². The van der Waals surface area contributed by atoms with Crippen LogP contribution in [0.4, 0.5) is 0 Å². The van der Waals surface area contributed by atoms with Crippen molar-refractivity contribution in [3.8, 4) is 0 Å². The van der Waals surface area contributed by atoms with E-state index in [9.17, 15) is 9.59 Å². The second-order valence-corrected chi connectivity index (χ2v) is 2.26. The third-order valence-electron chi connectivity index (χ3n) is 0.775. The van der Waals surface area contributed by atoms with Gasteiger partial charge in [-0.05, 0) is 19.9 Å². The minimum atomic E-state index is -1.08. The molecule has 0 unspecified atom stereocenters.